The van der Waals surface area contributed by atoms with Gasteiger partial charge in [-0.2, -0.15) is 0 Å². The van der Waals surface area contributed by atoms with Crippen LogP contribution in [0.2, 0.25) is 0 Å². The highest BCUT2D eigenvalue weighted by Gasteiger charge is 2.45. The van der Waals surface area contributed by atoms with E-state index in [0.717, 1.165) is 37.4 Å². The van der Waals surface area contributed by atoms with Gasteiger partial charge in [-0.1, -0.05) is 54.6 Å². The minimum absolute atomic E-state index is 0.0503. The van der Waals surface area contributed by atoms with Crippen LogP contribution in [0.4, 0.5) is 19.3 Å². The summed E-state index contributed by atoms with van der Waals surface area (Å²) in [7, 11) is 0. The van der Waals surface area contributed by atoms with E-state index < -0.39 is 11.9 Å². The molecule has 2 aliphatic rings. The molecular weight excluding hydrogens is 434 g/mol. The molecule has 3 aromatic carbocycles. The number of hydrogen-bond donors (Lipinski definition) is 1. The maximum atomic E-state index is 15.4. The van der Waals surface area contributed by atoms with Gasteiger partial charge in [0.25, 0.3) is 0 Å². The Balaban J connectivity index is 1.45. The highest BCUT2D eigenvalue weighted by atomic mass is 19.1. The largest absolute Gasteiger partial charge is 0.465 e. The van der Waals surface area contributed by atoms with Crippen molar-refractivity contribution in [3.8, 4) is 0 Å². The number of carboxylic acid groups (broad SMARTS) is 1. The van der Waals surface area contributed by atoms with Crippen LogP contribution in [0.3, 0.4) is 0 Å². The van der Waals surface area contributed by atoms with Gasteiger partial charge in [0.15, 0.2) is 0 Å². The molecule has 0 spiro atoms. The summed E-state index contributed by atoms with van der Waals surface area (Å²) >= 11 is 0. The van der Waals surface area contributed by atoms with Gasteiger partial charge in [-0.15, -0.1) is 0 Å². The molecule has 2 atom stereocenters. The van der Waals surface area contributed by atoms with E-state index in [1.807, 2.05) is 18.2 Å². The van der Waals surface area contributed by atoms with Gasteiger partial charge in [0.05, 0.1) is 12.2 Å². The average Bonchev–Trinajstić information content (AvgIpc) is 3.08. The van der Waals surface area contributed by atoms with E-state index in [1.54, 1.807) is 24.3 Å². The molecule has 3 aromatic rings. The van der Waals surface area contributed by atoms with Crippen molar-refractivity contribution in [2.75, 3.05) is 18.0 Å². The van der Waals surface area contributed by atoms with Gasteiger partial charge < -0.3 is 5.11 Å². The number of fused-ring (bicyclic) bond motifs is 2. The van der Waals surface area contributed by atoms with Crippen LogP contribution in [0, 0.1) is 23.5 Å². The van der Waals surface area contributed by atoms with Crippen LogP contribution in [0.1, 0.15) is 35.4 Å². The molecule has 5 rings (SSSR count). The van der Waals surface area contributed by atoms with E-state index >= 15 is 4.39 Å². The number of hydrogen-bond acceptors (Lipinski definition) is 2. The summed E-state index contributed by atoms with van der Waals surface area (Å²) in [6.07, 6.45) is 0.771. The van der Waals surface area contributed by atoms with Crippen LogP contribution in [-0.4, -0.2) is 29.2 Å². The minimum Gasteiger partial charge on any atom is -0.465 e. The molecule has 1 amide bonds. The molecule has 1 aliphatic heterocycles. The SMILES string of the molecule is O=C(O)N(Cc1ccccc1F)c1cccc(F)c1C1C2CCC1CN(Cc1ccccc1)C2. The minimum atomic E-state index is -1.22. The molecule has 0 radical (unpaired) electrons. The van der Waals surface area contributed by atoms with Crippen molar-refractivity contribution < 1.29 is 18.7 Å². The van der Waals surface area contributed by atoms with Crippen molar-refractivity contribution in [2.24, 2.45) is 11.8 Å². The van der Waals surface area contributed by atoms with Crippen LogP contribution in [-0.2, 0) is 13.1 Å². The van der Waals surface area contributed by atoms with Crippen LogP contribution in [0.15, 0.2) is 72.8 Å². The lowest BCUT2D eigenvalue weighted by atomic mass is 9.78. The Morgan fingerprint density at radius 2 is 1.53 bits per heavy atom. The zero-order valence-electron chi connectivity index (χ0n) is 18.9. The van der Waals surface area contributed by atoms with Crippen molar-refractivity contribution in [2.45, 2.75) is 31.8 Å². The predicted molar refractivity (Wildman–Crippen MR) is 128 cm³/mol. The molecule has 1 aliphatic carbocycles. The zero-order chi connectivity index (χ0) is 23.7. The van der Waals surface area contributed by atoms with Gasteiger partial charge in [0.2, 0.25) is 0 Å². The maximum absolute atomic E-state index is 15.4. The van der Waals surface area contributed by atoms with Crippen LogP contribution in [0.25, 0.3) is 0 Å². The van der Waals surface area contributed by atoms with Crippen molar-refractivity contribution in [3.63, 3.8) is 0 Å². The van der Waals surface area contributed by atoms with Crippen LogP contribution < -0.4 is 4.90 Å². The summed E-state index contributed by atoms with van der Waals surface area (Å²) in [6.45, 7) is 2.40. The first-order valence-corrected chi connectivity index (χ1v) is 11.8. The highest BCUT2D eigenvalue weighted by molar-refractivity contribution is 5.87. The number of halogens is 2. The number of likely N-dealkylation sites (tertiary alicyclic amines) is 1. The van der Waals surface area contributed by atoms with E-state index in [2.05, 4.69) is 17.0 Å². The third-order valence-corrected chi connectivity index (χ3v) is 7.33. The molecule has 176 valence electrons. The Kier molecular flexibility index (Phi) is 6.33. The van der Waals surface area contributed by atoms with E-state index in [4.69, 9.17) is 0 Å². The van der Waals surface area contributed by atoms with Gasteiger partial charge in [-0.25, -0.2) is 13.6 Å². The molecule has 34 heavy (non-hydrogen) atoms. The second-order valence-corrected chi connectivity index (χ2v) is 9.44. The summed E-state index contributed by atoms with van der Waals surface area (Å²) in [5.41, 5.74) is 2.32. The van der Waals surface area contributed by atoms with Crippen molar-refractivity contribution >= 4 is 11.8 Å². The third kappa shape index (κ3) is 4.42. The summed E-state index contributed by atoms with van der Waals surface area (Å²) in [5.74, 6) is -0.396. The fourth-order valence-electron chi connectivity index (χ4n) is 5.91. The predicted octanol–water partition coefficient (Wildman–Crippen LogP) is 6.28. The van der Waals surface area contributed by atoms with Gasteiger partial charge in [0, 0.05) is 30.8 Å². The monoisotopic (exact) mass is 462 g/mol. The summed E-state index contributed by atoms with van der Waals surface area (Å²) in [6, 6.07) is 21.1. The number of carbonyl (C=O) groups is 1. The first kappa shape index (κ1) is 22.5. The molecule has 1 saturated heterocycles. The number of nitrogens with zero attached hydrogens (tertiary/aromatic N) is 2. The molecule has 2 bridgehead atoms. The normalized spacial score (nSPS) is 22.0. The molecule has 6 heteroatoms. The highest BCUT2D eigenvalue weighted by Crippen LogP contribution is 2.51. The molecule has 1 heterocycles. The molecule has 2 fully saturated rings. The molecular formula is C28H28F2N2O2. The van der Waals surface area contributed by atoms with Crippen LogP contribution in [0.5, 0.6) is 0 Å². The van der Waals surface area contributed by atoms with Crippen molar-refractivity contribution in [1.29, 1.82) is 0 Å². The summed E-state index contributed by atoms with van der Waals surface area (Å²) in [5, 5.41) is 10.0. The Morgan fingerprint density at radius 1 is 0.882 bits per heavy atom. The van der Waals surface area contributed by atoms with E-state index in [9.17, 15) is 14.3 Å². The lowest BCUT2D eigenvalue weighted by Crippen LogP contribution is -2.41. The average molecular weight is 463 g/mol. The quantitative estimate of drug-likeness (QED) is 0.469. The second-order valence-electron chi connectivity index (χ2n) is 9.44. The smallest absolute Gasteiger partial charge is 0.412 e. The number of piperidine rings is 1. The summed E-state index contributed by atoms with van der Waals surface area (Å²) in [4.78, 5) is 15.8. The Hall–Kier alpha value is -3.25. The van der Waals surface area contributed by atoms with Gasteiger partial charge in [0.1, 0.15) is 11.6 Å². The van der Waals surface area contributed by atoms with E-state index in [0.29, 0.717) is 11.3 Å². The second kappa shape index (κ2) is 9.55. The molecule has 1 saturated carbocycles. The van der Waals surface area contributed by atoms with Crippen molar-refractivity contribution in [1.82, 2.24) is 4.90 Å². The van der Waals surface area contributed by atoms with Gasteiger partial charge in [-0.3, -0.25) is 9.80 Å². The molecule has 2 unspecified atom stereocenters. The Morgan fingerprint density at radius 3 is 2.21 bits per heavy atom. The number of rotatable bonds is 6. The summed E-state index contributed by atoms with van der Waals surface area (Å²) < 4.78 is 29.7. The molecule has 0 aromatic heterocycles. The first-order valence-electron chi connectivity index (χ1n) is 11.8. The van der Waals surface area contributed by atoms with Crippen molar-refractivity contribution in [3.05, 3.63) is 101 Å². The third-order valence-electron chi connectivity index (χ3n) is 7.33. The Bertz CT molecular complexity index is 1160. The molecule has 4 nitrogen and oxygen atoms in total. The van der Waals surface area contributed by atoms with Crippen LogP contribution >= 0.6 is 0 Å². The first-order chi connectivity index (χ1) is 16.5. The molecule has 1 N–H and O–H groups in total. The Labute approximate surface area is 198 Å². The number of benzene rings is 3. The zero-order valence-corrected chi connectivity index (χ0v) is 18.9. The van der Waals surface area contributed by atoms with Gasteiger partial charge in [-0.05, 0) is 54.4 Å². The number of amides is 1. The lowest BCUT2D eigenvalue weighted by molar-refractivity contribution is 0.137. The fourth-order valence-corrected chi connectivity index (χ4v) is 5.91. The van der Waals surface area contributed by atoms with E-state index in [1.165, 1.54) is 23.8 Å². The van der Waals surface area contributed by atoms with Gasteiger partial charge >= 0.3 is 6.09 Å². The van der Waals surface area contributed by atoms with E-state index in [-0.39, 0.29) is 35.7 Å². The standard InChI is InChI=1S/C28H28F2N2O2/c29-23-10-5-4-9-20(23)18-32(28(33)34)25-12-6-11-24(30)27(25)26-21-13-14-22(26)17-31(16-21)15-19-7-2-1-3-8-19/h1-12,21-22,26H,13-18H2,(H,33,34). The fraction of sp³-hybridized carbons (Fsp3) is 0.321. The lowest BCUT2D eigenvalue weighted by Gasteiger charge is -2.39. The number of anilines is 1. The maximum Gasteiger partial charge on any atom is 0.412 e. The topological polar surface area (TPSA) is 43.8 Å².